The summed E-state index contributed by atoms with van der Waals surface area (Å²) in [5, 5.41) is 10.9. The first-order valence-corrected chi connectivity index (χ1v) is 5.15. The van der Waals surface area contributed by atoms with Gasteiger partial charge < -0.3 is 20.7 Å². The summed E-state index contributed by atoms with van der Waals surface area (Å²) in [6.07, 6.45) is 0. The summed E-state index contributed by atoms with van der Waals surface area (Å²) in [7, 11) is 1.77. The first-order valence-electron chi connectivity index (χ1n) is 5.15. The predicted molar refractivity (Wildman–Crippen MR) is 61.5 cm³/mol. The van der Waals surface area contributed by atoms with E-state index in [4.69, 9.17) is 5.73 Å². The first kappa shape index (κ1) is 12.4. The molecule has 0 aliphatic carbocycles. The van der Waals surface area contributed by atoms with E-state index in [0.29, 0.717) is 31.3 Å². The van der Waals surface area contributed by atoms with Gasteiger partial charge in [-0.05, 0) is 16.8 Å². The monoisotopic (exact) mass is 227 g/mol. The van der Waals surface area contributed by atoms with Crippen LogP contribution in [0, 0.1) is 17.0 Å². The van der Waals surface area contributed by atoms with Gasteiger partial charge in [0.25, 0.3) is 0 Å². The van der Waals surface area contributed by atoms with Crippen molar-refractivity contribution in [3.8, 4) is 0 Å². The number of hydrogen-bond donors (Lipinski definition) is 1. The lowest BCUT2D eigenvalue weighted by molar-refractivity contribution is -0.388. The van der Waals surface area contributed by atoms with Crippen molar-refractivity contribution < 1.29 is 4.92 Å². The zero-order valence-electron chi connectivity index (χ0n) is 9.80. The Morgan fingerprint density at radius 3 is 2.69 bits per heavy atom. The van der Waals surface area contributed by atoms with Crippen LogP contribution in [0.25, 0.3) is 0 Å². The quantitative estimate of drug-likeness (QED) is 0.581. The molecule has 0 aromatic carbocycles. The molecule has 0 bridgehead atoms. The summed E-state index contributed by atoms with van der Waals surface area (Å²) in [4.78, 5) is 16.2. The second-order valence-corrected chi connectivity index (χ2v) is 3.49. The maximum atomic E-state index is 10.9. The van der Waals surface area contributed by atoms with Crippen LogP contribution in [0.1, 0.15) is 12.7 Å². The third kappa shape index (κ3) is 2.13. The Bertz CT molecular complexity index is 387. The number of likely N-dealkylation sites (N-methyl/N-ethyl adjacent to an activating group) is 1. The van der Waals surface area contributed by atoms with E-state index in [1.807, 2.05) is 11.8 Å². The highest BCUT2D eigenvalue weighted by Gasteiger charge is 2.27. The van der Waals surface area contributed by atoms with Gasteiger partial charge in [-0.2, -0.15) is 0 Å². The van der Waals surface area contributed by atoms with Crippen LogP contribution >= 0.6 is 0 Å². The lowest BCUT2D eigenvalue weighted by atomic mass is 10.4. The Morgan fingerprint density at radius 2 is 2.25 bits per heavy atom. The van der Waals surface area contributed by atoms with E-state index in [-0.39, 0.29) is 5.82 Å². The third-order valence-electron chi connectivity index (χ3n) is 2.52. The van der Waals surface area contributed by atoms with E-state index < -0.39 is 4.92 Å². The van der Waals surface area contributed by atoms with Crippen molar-refractivity contribution in [2.45, 2.75) is 13.8 Å². The van der Waals surface area contributed by atoms with Crippen molar-refractivity contribution in [1.82, 2.24) is 9.55 Å². The van der Waals surface area contributed by atoms with Crippen molar-refractivity contribution in [2.75, 3.05) is 24.5 Å². The number of hydrogen-bond acceptors (Lipinski definition) is 5. The maximum absolute atomic E-state index is 10.9. The van der Waals surface area contributed by atoms with Gasteiger partial charge in [-0.3, -0.25) is 4.57 Å². The molecule has 0 aliphatic rings. The highest BCUT2D eigenvalue weighted by molar-refractivity contribution is 5.55. The molecule has 16 heavy (non-hydrogen) atoms. The molecular formula is C9H17N5O2. The summed E-state index contributed by atoms with van der Waals surface area (Å²) in [5.74, 6) is 1.04. The van der Waals surface area contributed by atoms with Crippen molar-refractivity contribution in [3.05, 3.63) is 15.9 Å². The minimum absolute atomic E-state index is 0.102. The van der Waals surface area contributed by atoms with Crippen molar-refractivity contribution in [2.24, 2.45) is 12.8 Å². The van der Waals surface area contributed by atoms with Gasteiger partial charge >= 0.3 is 5.82 Å². The van der Waals surface area contributed by atoms with E-state index in [0.717, 1.165) is 0 Å². The molecule has 1 rings (SSSR count). The Labute approximate surface area is 94.0 Å². The van der Waals surface area contributed by atoms with Gasteiger partial charge in [-0.25, -0.2) is 0 Å². The number of aryl methyl sites for hydroxylation is 1. The molecule has 1 aromatic rings. The number of aromatic nitrogens is 2. The fraction of sp³-hybridized carbons (Fsp3) is 0.667. The predicted octanol–water partition coefficient (Wildman–Crippen LogP) is 0.422. The largest absolute Gasteiger partial charge is 0.406 e. The number of nitrogens with zero attached hydrogens (tertiary/aromatic N) is 4. The summed E-state index contributed by atoms with van der Waals surface area (Å²) >= 11 is 0. The average Bonchev–Trinajstić information content (AvgIpc) is 2.53. The molecule has 7 heteroatoms. The van der Waals surface area contributed by atoms with Gasteiger partial charge in [-0.1, -0.05) is 0 Å². The molecule has 0 fully saturated rings. The van der Waals surface area contributed by atoms with E-state index in [2.05, 4.69) is 4.98 Å². The lowest BCUT2D eigenvalue weighted by Crippen LogP contribution is -2.31. The number of rotatable bonds is 5. The third-order valence-corrected chi connectivity index (χ3v) is 2.52. The van der Waals surface area contributed by atoms with Crippen molar-refractivity contribution >= 4 is 11.6 Å². The maximum Gasteiger partial charge on any atom is 0.406 e. The molecule has 0 spiro atoms. The highest BCUT2D eigenvalue weighted by atomic mass is 16.6. The molecule has 0 radical (unpaired) electrons. The first-order chi connectivity index (χ1) is 7.52. The SMILES string of the molecule is CCN(CCN)c1c([N+](=O)[O-])nc(C)n1C. The van der Waals surface area contributed by atoms with Crippen LogP contribution in [0.4, 0.5) is 11.6 Å². The van der Waals surface area contributed by atoms with Crippen LogP contribution in [0.2, 0.25) is 0 Å². The molecule has 90 valence electrons. The molecule has 0 atom stereocenters. The number of nitrogens with two attached hydrogens (primary N) is 1. The highest BCUT2D eigenvalue weighted by Crippen LogP contribution is 2.27. The normalized spacial score (nSPS) is 10.5. The van der Waals surface area contributed by atoms with E-state index in [1.54, 1.807) is 18.5 Å². The summed E-state index contributed by atoms with van der Waals surface area (Å²) in [6.45, 7) is 5.37. The lowest BCUT2D eigenvalue weighted by Gasteiger charge is -2.21. The average molecular weight is 227 g/mol. The van der Waals surface area contributed by atoms with Gasteiger partial charge in [0, 0.05) is 33.6 Å². The van der Waals surface area contributed by atoms with Crippen LogP contribution < -0.4 is 10.6 Å². The van der Waals surface area contributed by atoms with Crippen LogP contribution in [0.3, 0.4) is 0 Å². The zero-order valence-corrected chi connectivity index (χ0v) is 9.80. The zero-order chi connectivity index (χ0) is 12.3. The molecule has 1 heterocycles. The van der Waals surface area contributed by atoms with Crippen molar-refractivity contribution in [1.29, 1.82) is 0 Å². The van der Waals surface area contributed by atoms with E-state index in [1.165, 1.54) is 0 Å². The minimum Gasteiger partial charge on any atom is -0.358 e. The van der Waals surface area contributed by atoms with Crippen LogP contribution in [0.5, 0.6) is 0 Å². The molecule has 0 unspecified atom stereocenters. The Balaban J connectivity index is 3.22. The molecule has 0 aliphatic heterocycles. The summed E-state index contributed by atoms with van der Waals surface area (Å²) in [5.41, 5.74) is 5.48. The smallest absolute Gasteiger partial charge is 0.358 e. The molecule has 0 amide bonds. The fourth-order valence-electron chi connectivity index (χ4n) is 1.63. The Kier molecular flexibility index (Phi) is 3.83. The van der Waals surface area contributed by atoms with Gasteiger partial charge in [0.2, 0.25) is 11.6 Å². The van der Waals surface area contributed by atoms with E-state index in [9.17, 15) is 10.1 Å². The van der Waals surface area contributed by atoms with Gasteiger partial charge in [0.1, 0.15) is 0 Å². The summed E-state index contributed by atoms with van der Waals surface area (Å²) in [6, 6.07) is 0. The van der Waals surface area contributed by atoms with Gasteiger partial charge in [-0.15, -0.1) is 0 Å². The van der Waals surface area contributed by atoms with Crippen LogP contribution in [-0.2, 0) is 7.05 Å². The molecule has 0 saturated heterocycles. The van der Waals surface area contributed by atoms with E-state index >= 15 is 0 Å². The van der Waals surface area contributed by atoms with Crippen LogP contribution in [-0.4, -0.2) is 34.1 Å². The molecule has 2 N–H and O–H groups in total. The van der Waals surface area contributed by atoms with Gasteiger partial charge in [0.15, 0.2) is 0 Å². The summed E-state index contributed by atoms with van der Waals surface area (Å²) < 4.78 is 1.72. The second-order valence-electron chi connectivity index (χ2n) is 3.49. The molecule has 1 aromatic heterocycles. The standard InChI is InChI=1S/C9H17N5O2/c1-4-13(6-5-10)9-8(14(15)16)11-7(2)12(9)3/h4-6,10H2,1-3H3. The fourth-order valence-corrected chi connectivity index (χ4v) is 1.63. The van der Waals surface area contributed by atoms with Gasteiger partial charge in [0.05, 0.1) is 0 Å². The topological polar surface area (TPSA) is 90.2 Å². The number of nitro groups is 1. The molecule has 0 saturated carbocycles. The second kappa shape index (κ2) is 4.93. The molecule has 7 nitrogen and oxygen atoms in total. The van der Waals surface area contributed by atoms with Crippen LogP contribution in [0.15, 0.2) is 0 Å². The Hall–Kier alpha value is -1.63. The number of anilines is 1. The minimum atomic E-state index is -0.457. The molecular weight excluding hydrogens is 210 g/mol. The van der Waals surface area contributed by atoms with Crippen molar-refractivity contribution in [3.63, 3.8) is 0 Å². The Morgan fingerprint density at radius 1 is 1.62 bits per heavy atom. The number of imidazole rings is 1.